The highest BCUT2D eigenvalue weighted by Crippen LogP contribution is 2.30. The first-order chi connectivity index (χ1) is 13.3. The molecule has 1 aromatic carbocycles. The van der Waals surface area contributed by atoms with Crippen molar-refractivity contribution in [2.75, 3.05) is 38.5 Å². The van der Waals surface area contributed by atoms with Crippen molar-refractivity contribution in [3.05, 3.63) is 24.3 Å². The molecule has 3 rings (SSSR count). The van der Waals surface area contributed by atoms with Gasteiger partial charge in [0.1, 0.15) is 6.61 Å². The SMILES string of the molecule is CC1CN(S(=O)(=O)CCNC(=O)NCC2COc3ccccc3O2)CC(C)O1. The number of para-hydroxylation sites is 2. The lowest BCUT2D eigenvalue weighted by atomic mass is 10.2. The molecular formula is C18H27N3O6S. The molecular weight excluding hydrogens is 386 g/mol. The molecule has 9 nitrogen and oxygen atoms in total. The average Bonchev–Trinajstić information content (AvgIpc) is 2.65. The first-order valence-electron chi connectivity index (χ1n) is 9.37. The van der Waals surface area contributed by atoms with E-state index >= 15 is 0 Å². The monoisotopic (exact) mass is 413 g/mol. The lowest BCUT2D eigenvalue weighted by Gasteiger charge is -2.34. The van der Waals surface area contributed by atoms with Crippen LogP contribution in [0.2, 0.25) is 0 Å². The van der Waals surface area contributed by atoms with E-state index in [1.165, 1.54) is 4.31 Å². The van der Waals surface area contributed by atoms with Crippen LogP contribution >= 0.6 is 0 Å². The summed E-state index contributed by atoms with van der Waals surface area (Å²) < 4.78 is 43.2. The smallest absolute Gasteiger partial charge is 0.314 e. The van der Waals surface area contributed by atoms with E-state index in [4.69, 9.17) is 14.2 Å². The van der Waals surface area contributed by atoms with E-state index in [0.29, 0.717) is 31.2 Å². The predicted molar refractivity (Wildman–Crippen MR) is 103 cm³/mol. The summed E-state index contributed by atoms with van der Waals surface area (Å²) >= 11 is 0. The van der Waals surface area contributed by atoms with Crippen LogP contribution in [-0.4, -0.2) is 75.6 Å². The molecule has 1 saturated heterocycles. The van der Waals surface area contributed by atoms with E-state index in [2.05, 4.69) is 10.6 Å². The van der Waals surface area contributed by atoms with Crippen LogP contribution in [0.3, 0.4) is 0 Å². The number of carbonyl (C=O) groups excluding carboxylic acids is 1. The summed E-state index contributed by atoms with van der Waals surface area (Å²) in [6, 6.07) is 6.89. The summed E-state index contributed by atoms with van der Waals surface area (Å²) in [6.45, 7) is 4.97. The average molecular weight is 413 g/mol. The zero-order valence-corrected chi connectivity index (χ0v) is 16.9. The number of morpholine rings is 1. The van der Waals surface area contributed by atoms with E-state index in [-0.39, 0.29) is 37.2 Å². The highest BCUT2D eigenvalue weighted by Gasteiger charge is 2.30. The number of nitrogens with one attached hydrogen (secondary N) is 2. The molecule has 156 valence electrons. The Kier molecular flexibility index (Phi) is 6.63. The van der Waals surface area contributed by atoms with Gasteiger partial charge in [-0.25, -0.2) is 13.2 Å². The molecule has 1 fully saturated rings. The van der Waals surface area contributed by atoms with Crippen LogP contribution in [0.4, 0.5) is 4.79 Å². The third-order valence-electron chi connectivity index (χ3n) is 4.48. The number of hydrogen-bond donors (Lipinski definition) is 2. The molecule has 2 aliphatic heterocycles. The first-order valence-corrected chi connectivity index (χ1v) is 11.0. The van der Waals surface area contributed by atoms with Crippen LogP contribution in [0, 0.1) is 0 Å². The molecule has 2 aliphatic rings. The molecule has 3 atom stereocenters. The van der Waals surface area contributed by atoms with Crippen molar-refractivity contribution in [3.8, 4) is 11.5 Å². The second-order valence-corrected chi connectivity index (χ2v) is 9.11. The lowest BCUT2D eigenvalue weighted by Crippen LogP contribution is -2.50. The fraction of sp³-hybridized carbons (Fsp3) is 0.611. The van der Waals surface area contributed by atoms with E-state index < -0.39 is 16.1 Å². The van der Waals surface area contributed by atoms with Crippen LogP contribution in [0.1, 0.15) is 13.8 Å². The third kappa shape index (κ3) is 5.49. The van der Waals surface area contributed by atoms with Gasteiger partial charge in [0.05, 0.1) is 24.5 Å². The van der Waals surface area contributed by atoms with Gasteiger partial charge in [0.2, 0.25) is 10.0 Å². The molecule has 0 bridgehead atoms. The molecule has 10 heteroatoms. The summed E-state index contributed by atoms with van der Waals surface area (Å²) in [5, 5.41) is 5.26. The number of ether oxygens (including phenoxy) is 3. The molecule has 2 heterocycles. The van der Waals surface area contributed by atoms with Crippen molar-refractivity contribution < 1.29 is 27.4 Å². The van der Waals surface area contributed by atoms with Gasteiger partial charge in [-0.2, -0.15) is 4.31 Å². The Balaban J connectivity index is 1.38. The molecule has 0 spiro atoms. The molecule has 0 radical (unpaired) electrons. The van der Waals surface area contributed by atoms with Gasteiger partial charge >= 0.3 is 6.03 Å². The van der Waals surface area contributed by atoms with Crippen molar-refractivity contribution in [2.24, 2.45) is 0 Å². The molecule has 3 unspecified atom stereocenters. The highest BCUT2D eigenvalue weighted by molar-refractivity contribution is 7.89. The summed E-state index contributed by atoms with van der Waals surface area (Å²) in [6.07, 6.45) is -0.587. The third-order valence-corrected chi connectivity index (χ3v) is 6.29. The van der Waals surface area contributed by atoms with Crippen LogP contribution < -0.4 is 20.1 Å². The minimum atomic E-state index is -3.45. The van der Waals surface area contributed by atoms with Gasteiger partial charge in [-0.05, 0) is 26.0 Å². The van der Waals surface area contributed by atoms with Gasteiger partial charge in [0, 0.05) is 19.6 Å². The van der Waals surface area contributed by atoms with Crippen LogP contribution in [0.25, 0.3) is 0 Å². The van der Waals surface area contributed by atoms with Gasteiger partial charge in [-0.15, -0.1) is 0 Å². The summed E-state index contributed by atoms with van der Waals surface area (Å²) in [4.78, 5) is 12.0. The fourth-order valence-corrected chi connectivity index (χ4v) is 4.71. The highest BCUT2D eigenvalue weighted by atomic mass is 32.2. The largest absolute Gasteiger partial charge is 0.486 e. The maximum absolute atomic E-state index is 12.4. The normalized spacial score (nSPS) is 25.1. The molecule has 28 heavy (non-hydrogen) atoms. The predicted octanol–water partition coefficient (Wildman–Crippen LogP) is 0.565. The van der Waals surface area contributed by atoms with Crippen LogP contribution in [-0.2, 0) is 14.8 Å². The van der Waals surface area contributed by atoms with Gasteiger partial charge < -0.3 is 24.8 Å². The van der Waals surface area contributed by atoms with Crippen molar-refractivity contribution >= 4 is 16.1 Å². The number of rotatable bonds is 6. The minimum absolute atomic E-state index is 0.0269. The second kappa shape index (κ2) is 8.97. The van der Waals surface area contributed by atoms with E-state index in [1.54, 1.807) is 6.07 Å². The van der Waals surface area contributed by atoms with E-state index in [9.17, 15) is 13.2 Å². The molecule has 0 saturated carbocycles. The quantitative estimate of drug-likeness (QED) is 0.706. The zero-order valence-electron chi connectivity index (χ0n) is 16.1. The number of hydrogen-bond acceptors (Lipinski definition) is 6. The summed E-state index contributed by atoms with van der Waals surface area (Å²) in [7, 11) is -3.45. The number of benzene rings is 1. The molecule has 0 aliphatic carbocycles. The summed E-state index contributed by atoms with van der Waals surface area (Å²) in [5.74, 6) is 1.16. The fourth-order valence-electron chi connectivity index (χ4n) is 3.21. The van der Waals surface area contributed by atoms with E-state index in [0.717, 1.165) is 0 Å². The number of urea groups is 1. The van der Waals surface area contributed by atoms with Crippen LogP contribution in [0.5, 0.6) is 11.5 Å². The van der Waals surface area contributed by atoms with Crippen molar-refractivity contribution in [3.63, 3.8) is 0 Å². The number of carbonyl (C=O) groups is 1. The van der Waals surface area contributed by atoms with Crippen molar-refractivity contribution in [1.29, 1.82) is 0 Å². The summed E-state index contributed by atoms with van der Waals surface area (Å²) in [5.41, 5.74) is 0. The van der Waals surface area contributed by atoms with Crippen molar-refractivity contribution in [1.82, 2.24) is 14.9 Å². The van der Waals surface area contributed by atoms with Gasteiger partial charge in [0.25, 0.3) is 0 Å². The van der Waals surface area contributed by atoms with Gasteiger partial charge in [0.15, 0.2) is 17.6 Å². The number of nitrogens with zero attached hydrogens (tertiary/aromatic N) is 1. The number of amides is 2. The minimum Gasteiger partial charge on any atom is -0.486 e. The Labute approximate surface area is 165 Å². The molecule has 1 aromatic rings. The lowest BCUT2D eigenvalue weighted by molar-refractivity contribution is -0.0440. The Morgan fingerprint density at radius 2 is 1.82 bits per heavy atom. The maximum Gasteiger partial charge on any atom is 0.314 e. The standard InChI is InChI=1S/C18H27N3O6S/c1-13-10-21(11-14(2)26-13)28(23,24)8-7-19-18(22)20-9-15-12-25-16-5-3-4-6-17(16)27-15/h3-6,13-15H,7-12H2,1-2H3,(H2,19,20,22). The number of sulfonamides is 1. The number of fused-ring (bicyclic) bond motifs is 1. The first kappa shape index (κ1) is 20.7. The Morgan fingerprint density at radius 1 is 1.14 bits per heavy atom. The van der Waals surface area contributed by atoms with Crippen LogP contribution in [0.15, 0.2) is 24.3 Å². The Hall–Kier alpha value is -2.04. The van der Waals surface area contributed by atoms with E-state index in [1.807, 2.05) is 32.0 Å². The second-order valence-electron chi connectivity index (χ2n) is 7.02. The van der Waals surface area contributed by atoms with Crippen molar-refractivity contribution in [2.45, 2.75) is 32.2 Å². The topological polar surface area (TPSA) is 106 Å². The van der Waals surface area contributed by atoms with Gasteiger partial charge in [-0.3, -0.25) is 0 Å². The Morgan fingerprint density at radius 3 is 2.54 bits per heavy atom. The Bertz CT molecular complexity index is 777. The van der Waals surface area contributed by atoms with Gasteiger partial charge in [-0.1, -0.05) is 12.1 Å². The molecule has 2 N–H and O–H groups in total. The zero-order chi connectivity index (χ0) is 20.1. The molecule has 0 aromatic heterocycles. The molecule has 2 amide bonds. The maximum atomic E-state index is 12.4.